The first-order chi connectivity index (χ1) is 11.7. The van der Waals surface area contributed by atoms with Crippen molar-refractivity contribution < 1.29 is 38.9 Å². The van der Waals surface area contributed by atoms with Gasteiger partial charge >= 0.3 is 23.9 Å². The zero-order chi connectivity index (χ0) is 19.0. The quantitative estimate of drug-likeness (QED) is 0.434. The summed E-state index contributed by atoms with van der Waals surface area (Å²) in [6, 6.07) is 2.46. The van der Waals surface area contributed by atoms with Crippen LogP contribution in [-0.4, -0.2) is 51.8 Å². The Kier molecular flexibility index (Phi) is 7.32. The lowest BCUT2D eigenvalue weighted by molar-refractivity contribution is -0.141. The van der Waals surface area contributed by atoms with Crippen molar-refractivity contribution in [2.45, 2.75) is 24.8 Å². The normalized spacial score (nSPS) is 12.7. The fourth-order valence-corrected chi connectivity index (χ4v) is 2.00. The summed E-state index contributed by atoms with van der Waals surface area (Å²) in [5.41, 5.74) is 0.133. The molecule has 10 heteroatoms. The number of nitrogens with one attached hydrogen (secondary N) is 2. The van der Waals surface area contributed by atoms with Gasteiger partial charge in [-0.05, 0) is 24.1 Å². The minimum atomic E-state index is -1.44. The van der Waals surface area contributed by atoms with Gasteiger partial charge in [-0.3, -0.25) is 9.59 Å². The average Bonchev–Trinajstić information content (AvgIpc) is 2.50. The van der Waals surface area contributed by atoms with Crippen molar-refractivity contribution in [3.63, 3.8) is 0 Å². The highest BCUT2D eigenvalue weighted by molar-refractivity contribution is 5.84. The molecule has 2 atom stereocenters. The van der Waals surface area contributed by atoms with Crippen molar-refractivity contribution in [1.29, 1.82) is 0 Å². The number of hydrogen-bond donors (Lipinski definition) is 5. The van der Waals surface area contributed by atoms with Crippen molar-refractivity contribution in [2.75, 3.05) is 6.54 Å². The molecule has 25 heavy (non-hydrogen) atoms. The van der Waals surface area contributed by atoms with Crippen LogP contribution >= 0.6 is 0 Å². The summed E-state index contributed by atoms with van der Waals surface area (Å²) in [7, 11) is 0. The molecule has 0 saturated carbocycles. The van der Waals surface area contributed by atoms with Crippen LogP contribution in [0.2, 0.25) is 0 Å². The minimum Gasteiger partial charge on any atom is -0.481 e. The number of amides is 2. The molecular weight excluding hydrogens is 339 g/mol. The van der Waals surface area contributed by atoms with Crippen molar-refractivity contribution >= 4 is 23.9 Å². The van der Waals surface area contributed by atoms with Crippen LogP contribution in [0.15, 0.2) is 24.3 Å². The van der Waals surface area contributed by atoms with Crippen LogP contribution in [0, 0.1) is 5.82 Å². The summed E-state index contributed by atoms with van der Waals surface area (Å²) in [4.78, 5) is 44.5. The Labute approximate surface area is 141 Å². The van der Waals surface area contributed by atoms with Gasteiger partial charge in [0.2, 0.25) is 0 Å². The average molecular weight is 356 g/mol. The Bertz CT molecular complexity index is 665. The Morgan fingerprint density at radius 2 is 1.76 bits per heavy atom. The van der Waals surface area contributed by atoms with Gasteiger partial charge in [-0.15, -0.1) is 0 Å². The summed E-state index contributed by atoms with van der Waals surface area (Å²) < 4.78 is 13.2. The van der Waals surface area contributed by atoms with Gasteiger partial charge in [-0.25, -0.2) is 14.0 Å². The van der Waals surface area contributed by atoms with Gasteiger partial charge in [0.25, 0.3) is 0 Å². The van der Waals surface area contributed by atoms with E-state index in [1.54, 1.807) is 0 Å². The van der Waals surface area contributed by atoms with Gasteiger partial charge in [0.15, 0.2) is 0 Å². The van der Waals surface area contributed by atoms with E-state index in [-0.39, 0.29) is 12.0 Å². The highest BCUT2D eigenvalue weighted by Gasteiger charge is 2.24. The number of urea groups is 1. The zero-order valence-electron chi connectivity index (χ0n) is 12.9. The number of hydrogen-bond acceptors (Lipinski definition) is 4. The van der Waals surface area contributed by atoms with Crippen molar-refractivity contribution in [2.24, 2.45) is 0 Å². The predicted octanol–water partition coefficient (Wildman–Crippen LogP) is 0.611. The molecule has 9 nitrogen and oxygen atoms in total. The lowest BCUT2D eigenvalue weighted by Gasteiger charge is -2.17. The monoisotopic (exact) mass is 356 g/mol. The number of carboxylic acid groups (broad SMARTS) is 3. The van der Waals surface area contributed by atoms with Gasteiger partial charge in [0.1, 0.15) is 11.9 Å². The molecular formula is C15H17FN2O7. The largest absolute Gasteiger partial charge is 0.481 e. The topological polar surface area (TPSA) is 153 Å². The van der Waals surface area contributed by atoms with Crippen LogP contribution in [-0.2, 0) is 14.4 Å². The van der Waals surface area contributed by atoms with E-state index in [2.05, 4.69) is 5.32 Å². The van der Waals surface area contributed by atoms with Gasteiger partial charge in [-0.1, -0.05) is 12.1 Å². The molecule has 1 aromatic carbocycles. The molecule has 1 rings (SSSR count). The van der Waals surface area contributed by atoms with E-state index in [9.17, 15) is 28.7 Å². The first-order valence-electron chi connectivity index (χ1n) is 7.18. The van der Waals surface area contributed by atoms with E-state index in [4.69, 9.17) is 10.2 Å². The summed E-state index contributed by atoms with van der Waals surface area (Å²) in [5, 5.41) is 30.9. The minimum absolute atomic E-state index is 0.133. The Hall–Kier alpha value is -3.17. The standard InChI is InChI=1S/C15H17FN2O7/c16-9-3-1-2-8(6-9)10(13(21)22)7-17-15(25)18-11(14(23)24)4-5-12(19)20/h1-3,6,10-11H,4-5,7H2,(H,19,20)(H,21,22)(H,23,24)(H2,17,18,25). The summed E-state index contributed by atoms with van der Waals surface area (Å²) in [6.07, 6.45) is -0.789. The summed E-state index contributed by atoms with van der Waals surface area (Å²) in [5.74, 6) is -5.80. The highest BCUT2D eigenvalue weighted by atomic mass is 19.1. The second-order valence-corrected chi connectivity index (χ2v) is 5.12. The molecule has 1 aromatic rings. The molecule has 2 unspecified atom stereocenters. The molecule has 0 fully saturated rings. The van der Waals surface area contributed by atoms with Crippen molar-refractivity contribution in [3.8, 4) is 0 Å². The van der Waals surface area contributed by atoms with Crippen molar-refractivity contribution in [1.82, 2.24) is 10.6 Å². The Morgan fingerprint density at radius 1 is 1.08 bits per heavy atom. The van der Waals surface area contributed by atoms with Gasteiger partial charge < -0.3 is 26.0 Å². The number of benzene rings is 1. The number of rotatable bonds is 9. The van der Waals surface area contributed by atoms with E-state index < -0.39 is 54.7 Å². The molecule has 0 aliphatic carbocycles. The van der Waals surface area contributed by atoms with Crippen LogP contribution in [0.3, 0.4) is 0 Å². The van der Waals surface area contributed by atoms with E-state index in [0.717, 1.165) is 12.1 Å². The highest BCUT2D eigenvalue weighted by Crippen LogP contribution is 2.16. The van der Waals surface area contributed by atoms with Crippen LogP contribution in [0.5, 0.6) is 0 Å². The van der Waals surface area contributed by atoms with E-state index in [1.807, 2.05) is 5.32 Å². The molecule has 0 aliphatic heterocycles. The number of halogens is 1. The van der Waals surface area contributed by atoms with Crippen LogP contribution < -0.4 is 10.6 Å². The number of carbonyl (C=O) groups excluding carboxylic acids is 1. The second kappa shape index (κ2) is 9.21. The first-order valence-corrected chi connectivity index (χ1v) is 7.18. The molecule has 136 valence electrons. The molecule has 5 N–H and O–H groups in total. The predicted molar refractivity (Wildman–Crippen MR) is 81.6 cm³/mol. The van der Waals surface area contributed by atoms with E-state index in [1.165, 1.54) is 12.1 Å². The molecule has 0 saturated heterocycles. The summed E-state index contributed by atoms with van der Waals surface area (Å²) in [6.45, 7) is -0.407. The maximum atomic E-state index is 13.2. The number of aliphatic carboxylic acids is 3. The van der Waals surface area contributed by atoms with Crippen LogP contribution in [0.4, 0.5) is 9.18 Å². The lowest BCUT2D eigenvalue weighted by atomic mass is 9.99. The zero-order valence-corrected chi connectivity index (χ0v) is 12.9. The number of carbonyl (C=O) groups is 4. The second-order valence-electron chi connectivity index (χ2n) is 5.12. The molecule has 2 amide bonds. The third-order valence-corrected chi connectivity index (χ3v) is 3.27. The van der Waals surface area contributed by atoms with Crippen molar-refractivity contribution in [3.05, 3.63) is 35.6 Å². The van der Waals surface area contributed by atoms with E-state index >= 15 is 0 Å². The third kappa shape index (κ3) is 6.85. The molecule has 0 heterocycles. The molecule has 0 aromatic heterocycles. The number of carboxylic acids is 3. The lowest BCUT2D eigenvalue weighted by Crippen LogP contribution is -2.47. The molecule has 0 spiro atoms. The fraction of sp³-hybridized carbons (Fsp3) is 0.333. The molecule has 0 bridgehead atoms. The Balaban J connectivity index is 2.66. The van der Waals surface area contributed by atoms with Gasteiger partial charge in [0.05, 0.1) is 5.92 Å². The van der Waals surface area contributed by atoms with E-state index in [0.29, 0.717) is 0 Å². The Morgan fingerprint density at radius 3 is 2.28 bits per heavy atom. The van der Waals surface area contributed by atoms with Crippen LogP contribution in [0.1, 0.15) is 24.3 Å². The van der Waals surface area contributed by atoms with Gasteiger partial charge in [-0.2, -0.15) is 0 Å². The third-order valence-electron chi connectivity index (χ3n) is 3.27. The maximum absolute atomic E-state index is 13.2. The first kappa shape index (κ1) is 19.9. The smallest absolute Gasteiger partial charge is 0.326 e. The SMILES string of the molecule is O=C(O)CCC(NC(=O)NCC(C(=O)O)c1cccc(F)c1)C(=O)O. The summed E-state index contributed by atoms with van der Waals surface area (Å²) >= 11 is 0. The molecule has 0 aliphatic rings. The molecule has 0 radical (unpaired) electrons. The van der Waals surface area contributed by atoms with Crippen LogP contribution in [0.25, 0.3) is 0 Å². The fourth-order valence-electron chi connectivity index (χ4n) is 2.00. The maximum Gasteiger partial charge on any atom is 0.326 e. The van der Waals surface area contributed by atoms with Gasteiger partial charge in [0, 0.05) is 13.0 Å².